The molecular weight excluding hydrogens is 285 g/mol. The molecule has 0 aliphatic carbocycles. The number of sulfonamides is 1. The molecule has 0 spiro atoms. The van der Waals surface area contributed by atoms with Crippen LogP contribution in [0.4, 0.5) is 4.39 Å². The summed E-state index contributed by atoms with van der Waals surface area (Å²) in [5.74, 6) is -1.85. The highest BCUT2D eigenvalue weighted by Gasteiger charge is 2.19. The van der Waals surface area contributed by atoms with Crippen molar-refractivity contribution < 1.29 is 22.7 Å². The highest BCUT2D eigenvalue weighted by atomic mass is 35.5. The summed E-state index contributed by atoms with van der Waals surface area (Å²) in [5, 5.41) is 8.21. The Bertz CT molecular complexity index is 561. The zero-order valence-electron chi connectivity index (χ0n) is 9.35. The molecule has 1 aromatic rings. The standard InChI is InChI=1S/C10H11ClFNO4S/c1-6(4-10(14)15)13-18(16,17)7-2-3-9(12)8(11)5-7/h2-3,5-6,13H,4H2,1H3,(H,14,15). The predicted octanol–water partition coefficient (Wildman–Crippen LogP) is 1.62. The minimum atomic E-state index is -3.91. The van der Waals surface area contributed by atoms with Crippen molar-refractivity contribution in [1.82, 2.24) is 4.72 Å². The molecular formula is C10H11ClFNO4S. The van der Waals surface area contributed by atoms with E-state index in [1.165, 1.54) is 6.92 Å². The van der Waals surface area contributed by atoms with Crippen LogP contribution in [0.5, 0.6) is 0 Å². The fourth-order valence-corrected chi connectivity index (χ4v) is 2.80. The lowest BCUT2D eigenvalue weighted by Crippen LogP contribution is -2.34. The molecule has 5 nitrogen and oxygen atoms in total. The van der Waals surface area contributed by atoms with Gasteiger partial charge in [-0.25, -0.2) is 17.5 Å². The Kier molecular flexibility index (Phi) is 4.66. The SMILES string of the molecule is CC(CC(=O)O)NS(=O)(=O)c1ccc(F)c(Cl)c1. The van der Waals surface area contributed by atoms with E-state index in [1.807, 2.05) is 0 Å². The van der Waals surface area contributed by atoms with Gasteiger partial charge in [-0.05, 0) is 25.1 Å². The van der Waals surface area contributed by atoms with Crippen LogP contribution in [0, 0.1) is 5.82 Å². The minimum absolute atomic E-state index is 0.217. The minimum Gasteiger partial charge on any atom is -0.481 e. The number of carboxylic acids is 1. The molecule has 1 unspecified atom stereocenters. The molecule has 18 heavy (non-hydrogen) atoms. The molecule has 0 aliphatic rings. The Labute approximate surface area is 109 Å². The predicted molar refractivity (Wildman–Crippen MR) is 63.4 cm³/mol. The van der Waals surface area contributed by atoms with Crippen molar-refractivity contribution in [2.24, 2.45) is 0 Å². The van der Waals surface area contributed by atoms with E-state index in [0.717, 1.165) is 18.2 Å². The number of rotatable bonds is 5. The summed E-state index contributed by atoms with van der Waals surface area (Å²) in [6, 6.07) is 2.17. The van der Waals surface area contributed by atoms with Crippen molar-refractivity contribution in [3.8, 4) is 0 Å². The molecule has 0 heterocycles. The second-order valence-electron chi connectivity index (χ2n) is 3.70. The average Bonchev–Trinajstić information content (AvgIpc) is 2.19. The van der Waals surface area contributed by atoms with Crippen LogP contribution in [0.3, 0.4) is 0 Å². The molecule has 0 aliphatic heterocycles. The van der Waals surface area contributed by atoms with Gasteiger partial charge < -0.3 is 5.11 Å². The molecule has 0 radical (unpaired) electrons. The van der Waals surface area contributed by atoms with Crippen LogP contribution in [0.1, 0.15) is 13.3 Å². The second-order valence-corrected chi connectivity index (χ2v) is 5.82. The summed E-state index contributed by atoms with van der Waals surface area (Å²) in [5.41, 5.74) is 0. The third-order valence-electron chi connectivity index (χ3n) is 2.04. The zero-order chi connectivity index (χ0) is 13.9. The number of nitrogens with one attached hydrogen (secondary N) is 1. The zero-order valence-corrected chi connectivity index (χ0v) is 10.9. The Hall–Kier alpha value is -1.18. The van der Waals surface area contributed by atoms with Gasteiger partial charge in [0, 0.05) is 6.04 Å². The van der Waals surface area contributed by atoms with Crippen LogP contribution in [0.2, 0.25) is 5.02 Å². The smallest absolute Gasteiger partial charge is 0.304 e. The van der Waals surface area contributed by atoms with Crippen LogP contribution in [0.15, 0.2) is 23.1 Å². The number of carboxylic acid groups (broad SMARTS) is 1. The Morgan fingerprint density at radius 1 is 1.56 bits per heavy atom. The number of hydrogen-bond acceptors (Lipinski definition) is 3. The summed E-state index contributed by atoms with van der Waals surface area (Å²) >= 11 is 5.48. The van der Waals surface area contributed by atoms with Crippen LogP contribution < -0.4 is 4.72 Å². The summed E-state index contributed by atoms with van der Waals surface area (Å²) in [6.45, 7) is 1.41. The van der Waals surface area contributed by atoms with Gasteiger partial charge in [0.15, 0.2) is 0 Å². The van der Waals surface area contributed by atoms with E-state index in [0.29, 0.717) is 0 Å². The van der Waals surface area contributed by atoms with Gasteiger partial charge in [-0.1, -0.05) is 11.6 Å². The topological polar surface area (TPSA) is 83.5 Å². The normalized spacial score (nSPS) is 13.3. The number of halogens is 2. The first kappa shape index (κ1) is 14.9. The first-order chi connectivity index (χ1) is 8.22. The van der Waals surface area contributed by atoms with Crippen LogP contribution in [0.25, 0.3) is 0 Å². The largest absolute Gasteiger partial charge is 0.481 e. The average molecular weight is 296 g/mol. The van der Waals surface area contributed by atoms with E-state index in [9.17, 15) is 17.6 Å². The van der Waals surface area contributed by atoms with Crippen molar-refractivity contribution in [1.29, 1.82) is 0 Å². The summed E-state index contributed by atoms with van der Waals surface area (Å²) in [4.78, 5) is 10.2. The molecule has 0 amide bonds. The van der Waals surface area contributed by atoms with Gasteiger partial charge in [0.1, 0.15) is 5.82 Å². The van der Waals surface area contributed by atoms with Gasteiger partial charge in [0.2, 0.25) is 10.0 Å². The second kappa shape index (κ2) is 5.64. The van der Waals surface area contributed by atoms with E-state index in [2.05, 4.69) is 4.72 Å². The number of benzene rings is 1. The molecule has 0 saturated carbocycles. The lowest BCUT2D eigenvalue weighted by molar-refractivity contribution is -0.137. The maximum atomic E-state index is 12.9. The summed E-state index contributed by atoms with van der Waals surface area (Å²) < 4.78 is 38.7. The van der Waals surface area contributed by atoms with Crippen molar-refractivity contribution >= 4 is 27.6 Å². The Morgan fingerprint density at radius 3 is 2.67 bits per heavy atom. The maximum Gasteiger partial charge on any atom is 0.304 e. The molecule has 0 fully saturated rings. The maximum absolute atomic E-state index is 12.9. The quantitative estimate of drug-likeness (QED) is 0.864. The van der Waals surface area contributed by atoms with E-state index in [4.69, 9.17) is 16.7 Å². The molecule has 0 saturated heterocycles. The first-order valence-electron chi connectivity index (χ1n) is 4.91. The molecule has 8 heteroatoms. The molecule has 1 rings (SSSR count). The van der Waals surface area contributed by atoms with Gasteiger partial charge in [-0.15, -0.1) is 0 Å². The van der Waals surface area contributed by atoms with E-state index in [-0.39, 0.29) is 16.3 Å². The van der Waals surface area contributed by atoms with Gasteiger partial charge >= 0.3 is 5.97 Å². The third-order valence-corrected chi connectivity index (χ3v) is 3.92. The lowest BCUT2D eigenvalue weighted by Gasteiger charge is -2.12. The molecule has 1 atom stereocenters. The van der Waals surface area contributed by atoms with Crippen molar-refractivity contribution in [3.63, 3.8) is 0 Å². The first-order valence-corrected chi connectivity index (χ1v) is 6.77. The fourth-order valence-electron chi connectivity index (χ4n) is 1.28. The molecule has 1 aromatic carbocycles. The monoisotopic (exact) mass is 295 g/mol. The highest BCUT2D eigenvalue weighted by molar-refractivity contribution is 7.89. The van der Waals surface area contributed by atoms with Gasteiger partial charge in [-0.2, -0.15) is 0 Å². The Morgan fingerprint density at radius 2 is 2.17 bits per heavy atom. The third kappa shape index (κ3) is 3.94. The molecule has 100 valence electrons. The van der Waals surface area contributed by atoms with Crippen molar-refractivity contribution in [2.75, 3.05) is 0 Å². The van der Waals surface area contributed by atoms with E-state index >= 15 is 0 Å². The summed E-state index contributed by atoms with van der Waals surface area (Å²) in [7, 11) is -3.91. The number of hydrogen-bond donors (Lipinski definition) is 2. The van der Waals surface area contributed by atoms with Crippen LogP contribution in [-0.2, 0) is 14.8 Å². The number of carbonyl (C=O) groups is 1. The van der Waals surface area contributed by atoms with Gasteiger partial charge in [-0.3, -0.25) is 4.79 Å². The van der Waals surface area contributed by atoms with Gasteiger partial charge in [0.05, 0.1) is 16.3 Å². The van der Waals surface area contributed by atoms with Crippen LogP contribution in [-0.4, -0.2) is 25.5 Å². The molecule has 0 bridgehead atoms. The summed E-state index contributed by atoms with van der Waals surface area (Å²) in [6.07, 6.45) is -0.353. The molecule has 0 aromatic heterocycles. The van der Waals surface area contributed by atoms with E-state index in [1.54, 1.807) is 0 Å². The fraction of sp³-hybridized carbons (Fsp3) is 0.300. The highest BCUT2D eigenvalue weighted by Crippen LogP contribution is 2.19. The number of aliphatic carboxylic acids is 1. The Balaban J connectivity index is 2.92. The van der Waals surface area contributed by atoms with Crippen LogP contribution >= 0.6 is 11.6 Å². The van der Waals surface area contributed by atoms with Gasteiger partial charge in [0.25, 0.3) is 0 Å². The van der Waals surface area contributed by atoms with Crippen molar-refractivity contribution in [3.05, 3.63) is 29.0 Å². The van der Waals surface area contributed by atoms with E-state index < -0.39 is 27.9 Å². The lowest BCUT2D eigenvalue weighted by atomic mass is 10.3. The van der Waals surface area contributed by atoms with Crippen molar-refractivity contribution in [2.45, 2.75) is 24.3 Å². The molecule has 2 N–H and O–H groups in total.